The molecule has 1 unspecified atom stereocenters. The summed E-state index contributed by atoms with van der Waals surface area (Å²) in [5, 5.41) is 9.07. The van der Waals surface area contributed by atoms with E-state index in [1.165, 1.54) is 12.8 Å². The highest BCUT2D eigenvalue weighted by molar-refractivity contribution is 5.49. The number of nitrogens with two attached hydrogens (primary N) is 1. The van der Waals surface area contributed by atoms with Gasteiger partial charge in [-0.2, -0.15) is 0 Å². The van der Waals surface area contributed by atoms with E-state index in [1.807, 2.05) is 18.3 Å². The number of aliphatic hydroxyl groups excluding tert-OH is 1. The number of pyridine rings is 1. The molecule has 0 spiro atoms. The van der Waals surface area contributed by atoms with Crippen molar-refractivity contribution in [2.45, 2.75) is 31.7 Å². The number of nitrogens with zero attached hydrogens (tertiary/aromatic N) is 2. The lowest BCUT2D eigenvalue weighted by Gasteiger charge is -2.37. The number of piperidine rings is 1. The first-order valence-corrected chi connectivity index (χ1v) is 5.90. The summed E-state index contributed by atoms with van der Waals surface area (Å²) < 4.78 is 0. The number of aromatic nitrogens is 1. The Morgan fingerprint density at radius 2 is 2.31 bits per heavy atom. The van der Waals surface area contributed by atoms with Crippen molar-refractivity contribution in [3.63, 3.8) is 0 Å². The van der Waals surface area contributed by atoms with Crippen molar-refractivity contribution in [1.29, 1.82) is 0 Å². The van der Waals surface area contributed by atoms with Gasteiger partial charge in [-0.1, -0.05) is 0 Å². The van der Waals surface area contributed by atoms with Crippen LogP contribution in [0.15, 0.2) is 18.3 Å². The first kappa shape index (κ1) is 11.2. The average molecular weight is 221 g/mol. The molecule has 2 rings (SSSR count). The van der Waals surface area contributed by atoms with Crippen LogP contribution in [0.1, 0.15) is 25.7 Å². The number of aliphatic hydroxyl groups is 1. The van der Waals surface area contributed by atoms with Gasteiger partial charge in [-0.3, -0.25) is 0 Å². The van der Waals surface area contributed by atoms with E-state index in [0.29, 0.717) is 11.9 Å². The van der Waals surface area contributed by atoms with Crippen molar-refractivity contribution in [2.24, 2.45) is 0 Å². The van der Waals surface area contributed by atoms with Gasteiger partial charge in [0.05, 0.1) is 11.9 Å². The largest absolute Gasteiger partial charge is 0.396 e. The molecule has 16 heavy (non-hydrogen) atoms. The summed E-state index contributed by atoms with van der Waals surface area (Å²) in [5.41, 5.74) is 6.70. The summed E-state index contributed by atoms with van der Waals surface area (Å²) in [6.45, 7) is 1.31. The van der Waals surface area contributed by atoms with Crippen molar-refractivity contribution in [3.8, 4) is 0 Å². The molecule has 0 radical (unpaired) electrons. The zero-order valence-electron chi connectivity index (χ0n) is 9.47. The molecule has 0 saturated carbocycles. The van der Waals surface area contributed by atoms with Crippen LogP contribution in [0.4, 0.5) is 11.5 Å². The quantitative estimate of drug-likeness (QED) is 0.810. The Balaban J connectivity index is 2.13. The molecule has 88 valence electrons. The fraction of sp³-hybridized carbons (Fsp3) is 0.583. The second-order valence-electron chi connectivity index (χ2n) is 4.30. The smallest absolute Gasteiger partial charge is 0.123 e. The van der Waals surface area contributed by atoms with Crippen molar-refractivity contribution >= 4 is 11.5 Å². The number of nitrogen functional groups attached to an aromatic ring is 1. The fourth-order valence-corrected chi connectivity index (χ4v) is 2.36. The Morgan fingerprint density at radius 1 is 1.44 bits per heavy atom. The number of hydrogen-bond donors (Lipinski definition) is 2. The fourth-order valence-electron chi connectivity index (χ4n) is 2.36. The minimum absolute atomic E-state index is 0.254. The minimum Gasteiger partial charge on any atom is -0.396 e. The average Bonchev–Trinajstić information content (AvgIpc) is 2.32. The van der Waals surface area contributed by atoms with Gasteiger partial charge in [0.2, 0.25) is 0 Å². The topological polar surface area (TPSA) is 62.4 Å². The van der Waals surface area contributed by atoms with E-state index in [1.54, 1.807) is 0 Å². The van der Waals surface area contributed by atoms with E-state index >= 15 is 0 Å². The Morgan fingerprint density at radius 3 is 3.00 bits per heavy atom. The van der Waals surface area contributed by atoms with Gasteiger partial charge in [0.1, 0.15) is 5.82 Å². The van der Waals surface area contributed by atoms with E-state index < -0.39 is 0 Å². The Bertz CT molecular complexity index is 324. The molecule has 1 aliphatic heterocycles. The van der Waals surface area contributed by atoms with Gasteiger partial charge in [-0.15, -0.1) is 0 Å². The van der Waals surface area contributed by atoms with Gasteiger partial charge in [-0.05, 0) is 37.8 Å². The third-order valence-corrected chi connectivity index (χ3v) is 3.19. The first-order chi connectivity index (χ1) is 7.81. The van der Waals surface area contributed by atoms with Crippen molar-refractivity contribution in [2.75, 3.05) is 23.8 Å². The van der Waals surface area contributed by atoms with E-state index in [-0.39, 0.29) is 6.61 Å². The lowest BCUT2D eigenvalue weighted by Crippen LogP contribution is -2.40. The zero-order chi connectivity index (χ0) is 11.4. The third kappa shape index (κ3) is 2.44. The lowest BCUT2D eigenvalue weighted by molar-refractivity contribution is 0.262. The maximum atomic E-state index is 9.07. The van der Waals surface area contributed by atoms with Crippen molar-refractivity contribution in [3.05, 3.63) is 18.3 Å². The van der Waals surface area contributed by atoms with E-state index in [9.17, 15) is 0 Å². The van der Waals surface area contributed by atoms with Crippen LogP contribution in [0.5, 0.6) is 0 Å². The maximum absolute atomic E-state index is 9.07. The lowest BCUT2D eigenvalue weighted by atomic mass is 9.99. The Hall–Kier alpha value is -1.29. The van der Waals surface area contributed by atoms with Crippen molar-refractivity contribution in [1.82, 2.24) is 4.98 Å². The third-order valence-electron chi connectivity index (χ3n) is 3.19. The van der Waals surface area contributed by atoms with Crippen LogP contribution >= 0.6 is 0 Å². The minimum atomic E-state index is 0.254. The molecule has 0 amide bonds. The first-order valence-electron chi connectivity index (χ1n) is 5.90. The van der Waals surface area contributed by atoms with Gasteiger partial charge in [0, 0.05) is 19.2 Å². The molecule has 3 N–H and O–H groups in total. The molecule has 1 atom stereocenters. The van der Waals surface area contributed by atoms with Crippen LogP contribution in [-0.2, 0) is 0 Å². The molecular formula is C12H19N3O. The summed E-state index contributed by atoms with van der Waals surface area (Å²) in [4.78, 5) is 6.46. The van der Waals surface area contributed by atoms with Crippen LogP contribution < -0.4 is 10.6 Å². The van der Waals surface area contributed by atoms with E-state index in [0.717, 1.165) is 25.1 Å². The summed E-state index contributed by atoms with van der Waals surface area (Å²) in [7, 11) is 0. The summed E-state index contributed by atoms with van der Waals surface area (Å²) in [5.74, 6) is 0.555. The van der Waals surface area contributed by atoms with Gasteiger partial charge >= 0.3 is 0 Å². The van der Waals surface area contributed by atoms with Crippen LogP contribution in [-0.4, -0.2) is 29.3 Å². The second kappa shape index (κ2) is 5.16. The zero-order valence-corrected chi connectivity index (χ0v) is 9.47. The maximum Gasteiger partial charge on any atom is 0.123 e. The number of rotatable bonds is 3. The molecule has 2 heterocycles. The summed E-state index contributed by atoms with van der Waals surface area (Å²) in [6.07, 6.45) is 6.29. The van der Waals surface area contributed by atoms with E-state index in [2.05, 4.69) is 9.88 Å². The second-order valence-corrected chi connectivity index (χ2v) is 4.30. The molecule has 4 nitrogen and oxygen atoms in total. The number of anilines is 2. The highest BCUT2D eigenvalue weighted by Gasteiger charge is 2.22. The highest BCUT2D eigenvalue weighted by Crippen LogP contribution is 2.26. The molecule has 1 aliphatic rings. The molecule has 1 aromatic rings. The molecule has 1 fully saturated rings. The molecular weight excluding hydrogens is 202 g/mol. The van der Waals surface area contributed by atoms with E-state index in [4.69, 9.17) is 10.8 Å². The van der Waals surface area contributed by atoms with Gasteiger partial charge < -0.3 is 15.7 Å². The van der Waals surface area contributed by atoms with Gasteiger partial charge in [-0.25, -0.2) is 4.98 Å². The molecule has 1 aromatic heterocycles. The normalized spacial score (nSPS) is 21.1. The molecule has 0 aromatic carbocycles. The number of hydrogen-bond acceptors (Lipinski definition) is 4. The molecule has 1 saturated heterocycles. The highest BCUT2D eigenvalue weighted by atomic mass is 16.3. The molecule has 0 aliphatic carbocycles. The predicted molar refractivity (Wildman–Crippen MR) is 65.3 cm³/mol. The van der Waals surface area contributed by atoms with Crippen molar-refractivity contribution < 1.29 is 5.11 Å². The standard InChI is InChI=1S/C12H19N3O/c13-12-5-4-11(9-14-12)15-7-2-1-3-10(15)6-8-16/h4-5,9-10,16H,1-3,6-8H2,(H2,13,14). The van der Waals surface area contributed by atoms with Crippen LogP contribution in [0.3, 0.4) is 0 Å². The molecule has 0 bridgehead atoms. The molecule has 4 heteroatoms. The Kier molecular flexibility index (Phi) is 3.62. The predicted octanol–water partition coefficient (Wildman–Crippen LogP) is 1.41. The van der Waals surface area contributed by atoms with Crippen LogP contribution in [0.2, 0.25) is 0 Å². The Labute approximate surface area is 96.1 Å². The SMILES string of the molecule is Nc1ccc(N2CCCCC2CCO)cn1. The summed E-state index contributed by atoms with van der Waals surface area (Å²) >= 11 is 0. The monoisotopic (exact) mass is 221 g/mol. The summed E-state index contributed by atoms with van der Waals surface area (Å²) in [6, 6.07) is 4.29. The van der Waals surface area contributed by atoms with Gasteiger partial charge in [0.25, 0.3) is 0 Å². The van der Waals surface area contributed by atoms with Crippen LogP contribution in [0.25, 0.3) is 0 Å². The van der Waals surface area contributed by atoms with Crippen LogP contribution in [0, 0.1) is 0 Å². The van der Waals surface area contributed by atoms with Gasteiger partial charge in [0.15, 0.2) is 0 Å².